The molecule has 1 aromatic rings. The van der Waals surface area contributed by atoms with Crippen LogP contribution in [0.1, 0.15) is 52.0 Å². The number of ether oxygens (including phenoxy) is 1. The van der Waals surface area contributed by atoms with Crippen LogP contribution in [-0.4, -0.2) is 42.1 Å². The van der Waals surface area contributed by atoms with Crippen LogP contribution in [0.15, 0.2) is 12.1 Å². The molecule has 0 saturated carbocycles. The van der Waals surface area contributed by atoms with E-state index < -0.39 is 41.1 Å². The van der Waals surface area contributed by atoms with E-state index in [0.717, 1.165) is 0 Å². The monoisotopic (exact) mass is 409 g/mol. The van der Waals surface area contributed by atoms with Gasteiger partial charge in [-0.2, -0.15) is 0 Å². The maximum absolute atomic E-state index is 14.7. The Hall–Kier alpha value is -2.71. The predicted molar refractivity (Wildman–Crippen MR) is 101 cm³/mol. The molecular formula is C20H25F2N3O4. The molecule has 2 aliphatic rings. The van der Waals surface area contributed by atoms with Crippen molar-refractivity contribution < 1.29 is 27.9 Å². The van der Waals surface area contributed by atoms with Gasteiger partial charge in [0.2, 0.25) is 11.8 Å². The molecular weight excluding hydrogens is 384 g/mol. The smallest absolute Gasteiger partial charge is 0.408 e. The third-order valence-electron chi connectivity index (χ3n) is 5.15. The van der Waals surface area contributed by atoms with Crippen LogP contribution in [0.25, 0.3) is 0 Å². The fraction of sp³-hybridized carbons (Fsp3) is 0.550. The number of carbonyl (C=O) groups is 3. The van der Waals surface area contributed by atoms with Gasteiger partial charge in [-0.15, -0.1) is 0 Å². The number of imide groups is 1. The maximum atomic E-state index is 14.7. The number of carbonyl (C=O) groups excluding carboxylic acids is 3. The van der Waals surface area contributed by atoms with Crippen molar-refractivity contribution in [2.75, 3.05) is 11.4 Å². The van der Waals surface area contributed by atoms with E-state index in [1.165, 1.54) is 12.1 Å². The first kappa shape index (κ1) is 21.0. The highest BCUT2D eigenvalue weighted by Crippen LogP contribution is 2.34. The largest absolute Gasteiger partial charge is 0.444 e. The number of benzene rings is 1. The molecule has 0 bridgehead atoms. The summed E-state index contributed by atoms with van der Waals surface area (Å²) in [5, 5.41) is 4.86. The van der Waals surface area contributed by atoms with Gasteiger partial charge >= 0.3 is 6.09 Å². The Morgan fingerprint density at radius 1 is 1.24 bits per heavy atom. The molecule has 3 rings (SSSR count). The van der Waals surface area contributed by atoms with E-state index in [1.807, 2.05) is 6.92 Å². The standard InChI is InChI=1S/C20H25F2N3O4/c1-10-15(23-19(28)29-20(2,3)4)9-25(10)11-7-13(21)17(14(22)8-11)12-5-6-16(26)24-18(12)27/h7-8,10,12,15H,5-6,9H2,1-4H3,(H,23,28)(H,24,26,27)/t10-,12?,15+/m1/s1. The molecule has 1 aromatic carbocycles. The lowest BCUT2D eigenvalue weighted by molar-refractivity contribution is -0.134. The number of anilines is 1. The van der Waals surface area contributed by atoms with Crippen molar-refractivity contribution in [3.8, 4) is 0 Å². The molecule has 2 heterocycles. The van der Waals surface area contributed by atoms with Gasteiger partial charge in [-0.25, -0.2) is 13.6 Å². The molecule has 0 radical (unpaired) electrons. The van der Waals surface area contributed by atoms with Gasteiger partial charge in [-0.05, 0) is 46.2 Å². The number of piperidine rings is 1. The van der Waals surface area contributed by atoms with Crippen LogP contribution in [0.5, 0.6) is 0 Å². The minimum absolute atomic E-state index is 0.0399. The van der Waals surface area contributed by atoms with Crippen LogP contribution < -0.4 is 15.5 Å². The highest BCUT2D eigenvalue weighted by atomic mass is 19.1. The van der Waals surface area contributed by atoms with Crippen LogP contribution in [0, 0.1) is 11.6 Å². The lowest BCUT2D eigenvalue weighted by Crippen LogP contribution is -2.66. The second kappa shape index (κ2) is 7.61. The number of amides is 3. The van der Waals surface area contributed by atoms with Crippen molar-refractivity contribution in [1.29, 1.82) is 0 Å². The summed E-state index contributed by atoms with van der Waals surface area (Å²) in [6.07, 6.45) is -0.433. The second-order valence-electron chi connectivity index (χ2n) is 8.47. The van der Waals surface area contributed by atoms with E-state index in [1.54, 1.807) is 25.7 Å². The van der Waals surface area contributed by atoms with E-state index in [4.69, 9.17) is 4.74 Å². The molecule has 2 aliphatic heterocycles. The van der Waals surface area contributed by atoms with Gasteiger partial charge < -0.3 is 15.0 Å². The molecule has 158 valence electrons. The van der Waals surface area contributed by atoms with Gasteiger partial charge in [0.1, 0.15) is 17.2 Å². The van der Waals surface area contributed by atoms with E-state index in [9.17, 15) is 23.2 Å². The summed E-state index contributed by atoms with van der Waals surface area (Å²) in [5.74, 6) is -3.82. The lowest BCUT2D eigenvalue weighted by Gasteiger charge is -2.48. The van der Waals surface area contributed by atoms with Crippen molar-refractivity contribution in [2.24, 2.45) is 0 Å². The fourth-order valence-electron chi connectivity index (χ4n) is 3.61. The third kappa shape index (κ3) is 4.49. The first-order valence-corrected chi connectivity index (χ1v) is 9.55. The minimum atomic E-state index is -1.03. The number of alkyl carbamates (subject to hydrolysis) is 1. The van der Waals surface area contributed by atoms with Crippen LogP contribution >= 0.6 is 0 Å². The summed E-state index contributed by atoms with van der Waals surface area (Å²) in [4.78, 5) is 36.9. The highest BCUT2D eigenvalue weighted by Gasteiger charge is 2.39. The molecule has 9 heteroatoms. The Balaban J connectivity index is 1.69. The highest BCUT2D eigenvalue weighted by molar-refractivity contribution is 6.01. The SMILES string of the molecule is C[C@@H]1[C@@H](NC(=O)OC(C)(C)C)CN1c1cc(F)c(C2CCC(=O)NC2=O)c(F)c1. The topological polar surface area (TPSA) is 87.7 Å². The van der Waals surface area contributed by atoms with Crippen LogP contribution in [0.2, 0.25) is 0 Å². The van der Waals surface area contributed by atoms with Crippen molar-refractivity contribution in [3.63, 3.8) is 0 Å². The summed E-state index contributed by atoms with van der Waals surface area (Å²) < 4.78 is 34.6. The number of hydrogen-bond acceptors (Lipinski definition) is 5. The van der Waals surface area contributed by atoms with Crippen molar-refractivity contribution in [3.05, 3.63) is 29.3 Å². The fourth-order valence-corrected chi connectivity index (χ4v) is 3.61. The molecule has 2 saturated heterocycles. The van der Waals surface area contributed by atoms with Crippen LogP contribution in [0.3, 0.4) is 0 Å². The Kier molecular flexibility index (Phi) is 5.51. The zero-order chi connectivity index (χ0) is 21.5. The molecule has 2 fully saturated rings. The van der Waals surface area contributed by atoms with E-state index >= 15 is 0 Å². The number of nitrogens with one attached hydrogen (secondary N) is 2. The number of halogens is 2. The van der Waals surface area contributed by atoms with Gasteiger partial charge in [-0.3, -0.25) is 14.9 Å². The van der Waals surface area contributed by atoms with Gasteiger partial charge in [0.05, 0.1) is 12.0 Å². The van der Waals surface area contributed by atoms with Crippen LogP contribution in [-0.2, 0) is 14.3 Å². The molecule has 0 spiro atoms. The molecule has 3 atom stereocenters. The summed E-state index contributed by atoms with van der Waals surface area (Å²) in [6.45, 7) is 7.49. The summed E-state index contributed by atoms with van der Waals surface area (Å²) in [5.41, 5.74) is -0.615. The minimum Gasteiger partial charge on any atom is -0.444 e. The first-order valence-electron chi connectivity index (χ1n) is 9.55. The number of hydrogen-bond donors (Lipinski definition) is 2. The van der Waals surface area contributed by atoms with E-state index in [2.05, 4.69) is 10.6 Å². The quantitative estimate of drug-likeness (QED) is 0.750. The molecule has 0 aliphatic carbocycles. The Morgan fingerprint density at radius 2 is 1.86 bits per heavy atom. The molecule has 2 N–H and O–H groups in total. The molecule has 7 nitrogen and oxygen atoms in total. The molecule has 0 aromatic heterocycles. The average molecular weight is 409 g/mol. The Morgan fingerprint density at radius 3 is 2.38 bits per heavy atom. The Bertz CT molecular complexity index is 830. The Labute approximate surface area is 167 Å². The maximum Gasteiger partial charge on any atom is 0.408 e. The first-order chi connectivity index (χ1) is 13.5. The number of nitrogens with zero attached hydrogens (tertiary/aromatic N) is 1. The molecule has 1 unspecified atom stereocenters. The van der Waals surface area contributed by atoms with Crippen molar-refractivity contribution in [2.45, 2.75) is 64.1 Å². The average Bonchev–Trinajstić information content (AvgIpc) is 2.57. The van der Waals surface area contributed by atoms with Crippen molar-refractivity contribution in [1.82, 2.24) is 10.6 Å². The zero-order valence-electron chi connectivity index (χ0n) is 16.8. The normalized spacial score (nSPS) is 24.6. The van der Waals surface area contributed by atoms with E-state index in [-0.39, 0.29) is 30.5 Å². The molecule has 3 amide bonds. The van der Waals surface area contributed by atoms with Gasteiger partial charge in [0, 0.05) is 30.3 Å². The zero-order valence-corrected chi connectivity index (χ0v) is 16.8. The second-order valence-corrected chi connectivity index (χ2v) is 8.47. The summed E-state index contributed by atoms with van der Waals surface area (Å²) in [7, 11) is 0. The third-order valence-corrected chi connectivity index (χ3v) is 5.15. The number of rotatable bonds is 3. The van der Waals surface area contributed by atoms with Gasteiger partial charge in [-0.1, -0.05) is 0 Å². The molecule has 29 heavy (non-hydrogen) atoms. The van der Waals surface area contributed by atoms with Crippen LogP contribution in [0.4, 0.5) is 19.3 Å². The summed E-state index contributed by atoms with van der Waals surface area (Å²) >= 11 is 0. The van der Waals surface area contributed by atoms with Gasteiger partial charge in [0.15, 0.2) is 0 Å². The van der Waals surface area contributed by atoms with Gasteiger partial charge in [0.25, 0.3) is 0 Å². The van der Waals surface area contributed by atoms with E-state index in [0.29, 0.717) is 12.2 Å². The summed E-state index contributed by atoms with van der Waals surface area (Å²) in [6, 6.07) is 1.96. The van der Waals surface area contributed by atoms with Crippen molar-refractivity contribution >= 4 is 23.6 Å². The lowest BCUT2D eigenvalue weighted by atomic mass is 9.89. The predicted octanol–water partition coefficient (Wildman–Crippen LogP) is 2.59.